The molecule has 0 amide bonds. The standard InChI is InChI=1S/C17H26N4/c1-21(2)17(9-4-10-17)12-19-16(18)20-15-8-7-13-5-3-6-14(13)11-15/h7-8,11H,3-6,9-10,12H2,1-2H3,(H3,18,19,20). The molecule has 1 saturated carbocycles. The Morgan fingerprint density at radius 2 is 2.00 bits per heavy atom. The van der Waals surface area contributed by atoms with Gasteiger partial charge in [0, 0.05) is 11.2 Å². The van der Waals surface area contributed by atoms with Gasteiger partial charge in [-0.3, -0.25) is 4.99 Å². The van der Waals surface area contributed by atoms with Crippen molar-refractivity contribution < 1.29 is 0 Å². The Morgan fingerprint density at radius 3 is 2.67 bits per heavy atom. The molecule has 3 N–H and O–H groups in total. The second kappa shape index (κ2) is 5.68. The third-order valence-electron chi connectivity index (χ3n) is 5.15. The molecule has 1 fully saturated rings. The molecular formula is C17H26N4. The predicted octanol–water partition coefficient (Wildman–Crippen LogP) is 2.39. The number of hydrogen-bond donors (Lipinski definition) is 2. The zero-order valence-corrected chi connectivity index (χ0v) is 13.2. The normalized spacial score (nSPS) is 20.2. The molecule has 0 bridgehead atoms. The zero-order valence-electron chi connectivity index (χ0n) is 13.2. The van der Waals surface area contributed by atoms with Crippen molar-refractivity contribution in [2.45, 2.75) is 44.1 Å². The highest BCUT2D eigenvalue weighted by Crippen LogP contribution is 2.36. The van der Waals surface area contributed by atoms with Gasteiger partial charge >= 0.3 is 0 Å². The van der Waals surface area contributed by atoms with Crippen LogP contribution in [-0.4, -0.2) is 37.0 Å². The largest absolute Gasteiger partial charge is 0.370 e. The third-order valence-corrected chi connectivity index (χ3v) is 5.15. The summed E-state index contributed by atoms with van der Waals surface area (Å²) in [6, 6.07) is 6.54. The van der Waals surface area contributed by atoms with Crippen LogP contribution >= 0.6 is 0 Å². The van der Waals surface area contributed by atoms with Crippen molar-refractivity contribution in [2.75, 3.05) is 26.0 Å². The van der Waals surface area contributed by atoms with Crippen LogP contribution in [0.25, 0.3) is 0 Å². The van der Waals surface area contributed by atoms with Gasteiger partial charge < -0.3 is 16.0 Å². The molecule has 3 rings (SSSR count). The quantitative estimate of drug-likeness (QED) is 0.660. The van der Waals surface area contributed by atoms with Gasteiger partial charge in [0.2, 0.25) is 0 Å². The second-order valence-corrected chi connectivity index (χ2v) is 6.64. The van der Waals surface area contributed by atoms with Gasteiger partial charge in [-0.15, -0.1) is 0 Å². The molecule has 2 aliphatic rings. The van der Waals surface area contributed by atoms with Crippen LogP contribution in [0.1, 0.15) is 36.8 Å². The minimum absolute atomic E-state index is 0.226. The van der Waals surface area contributed by atoms with Crippen molar-refractivity contribution in [3.63, 3.8) is 0 Å². The number of hydrogen-bond acceptors (Lipinski definition) is 2. The summed E-state index contributed by atoms with van der Waals surface area (Å²) in [6.07, 6.45) is 7.40. The van der Waals surface area contributed by atoms with E-state index >= 15 is 0 Å². The Hall–Kier alpha value is -1.55. The number of rotatable bonds is 4. The molecule has 0 aromatic heterocycles. The highest BCUT2D eigenvalue weighted by molar-refractivity contribution is 5.92. The molecule has 114 valence electrons. The number of fused-ring (bicyclic) bond motifs is 1. The van der Waals surface area contributed by atoms with Crippen molar-refractivity contribution in [3.8, 4) is 0 Å². The van der Waals surface area contributed by atoms with Crippen molar-refractivity contribution in [1.82, 2.24) is 4.90 Å². The van der Waals surface area contributed by atoms with Gasteiger partial charge in [0.15, 0.2) is 5.96 Å². The first kappa shape index (κ1) is 14.4. The van der Waals surface area contributed by atoms with Crippen LogP contribution in [0.3, 0.4) is 0 Å². The number of aliphatic imine (C=N–C) groups is 1. The van der Waals surface area contributed by atoms with E-state index in [0.717, 1.165) is 12.2 Å². The van der Waals surface area contributed by atoms with E-state index < -0.39 is 0 Å². The van der Waals surface area contributed by atoms with Crippen LogP contribution < -0.4 is 11.1 Å². The molecule has 0 aliphatic heterocycles. The maximum atomic E-state index is 6.06. The second-order valence-electron chi connectivity index (χ2n) is 6.64. The van der Waals surface area contributed by atoms with Crippen LogP contribution in [-0.2, 0) is 12.8 Å². The minimum atomic E-state index is 0.226. The number of anilines is 1. The van der Waals surface area contributed by atoms with Gasteiger partial charge in [-0.2, -0.15) is 0 Å². The first-order valence-corrected chi connectivity index (χ1v) is 7.95. The van der Waals surface area contributed by atoms with Crippen LogP contribution in [0.5, 0.6) is 0 Å². The van der Waals surface area contributed by atoms with Crippen LogP contribution in [0.2, 0.25) is 0 Å². The van der Waals surface area contributed by atoms with E-state index in [9.17, 15) is 0 Å². The maximum Gasteiger partial charge on any atom is 0.193 e. The smallest absolute Gasteiger partial charge is 0.193 e. The minimum Gasteiger partial charge on any atom is -0.370 e. The van der Waals surface area contributed by atoms with Crippen LogP contribution in [0, 0.1) is 0 Å². The number of nitrogens with zero attached hydrogens (tertiary/aromatic N) is 2. The SMILES string of the molecule is CN(C)C1(CN=C(N)Nc2ccc3c(c2)CCC3)CCC1. The van der Waals surface area contributed by atoms with Gasteiger partial charge in [0.25, 0.3) is 0 Å². The Labute approximate surface area is 127 Å². The summed E-state index contributed by atoms with van der Waals surface area (Å²) in [4.78, 5) is 6.86. The monoisotopic (exact) mass is 286 g/mol. The molecule has 1 aromatic rings. The molecule has 0 saturated heterocycles. The zero-order chi connectivity index (χ0) is 14.9. The fraction of sp³-hybridized carbons (Fsp3) is 0.588. The number of likely N-dealkylation sites (N-methyl/N-ethyl adjacent to an activating group) is 1. The lowest BCUT2D eigenvalue weighted by atomic mass is 9.76. The van der Waals surface area contributed by atoms with Gasteiger partial charge in [-0.05, 0) is 75.9 Å². The molecule has 21 heavy (non-hydrogen) atoms. The lowest BCUT2D eigenvalue weighted by Gasteiger charge is -2.46. The number of aryl methyl sites for hydroxylation is 2. The first-order valence-electron chi connectivity index (χ1n) is 7.95. The summed E-state index contributed by atoms with van der Waals surface area (Å²) in [5.74, 6) is 0.529. The molecule has 0 heterocycles. The molecule has 0 spiro atoms. The van der Waals surface area contributed by atoms with E-state index in [0.29, 0.717) is 5.96 Å². The van der Waals surface area contributed by atoms with Crippen LogP contribution in [0.4, 0.5) is 5.69 Å². The molecule has 0 radical (unpaired) electrons. The molecular weight excluding hydrogens is 260 g/mol. The van der Waals surface area contributed by atoms with E-state index in [1.807, 2.05) is 0 Å². The van der Waals surface area contributed by atoms with E-state index in [1.165, 1.54) is 49.7 Å². The van der Waals surface area contributed by atoms with E-state index in [-0.39, 0.29) is 5.54 Å². The molecule has 0 unspecified atom stereocenters. The molecule has 4 nitrogen and oxygen atoms in total. The van der Waals surface area contributed by atoms with E-state index in [2.05, 4.69) is 47.5 Å². The van der Waals surface area contributed by atoms with Gasteiger partial charge in [-0.25, -0.2) is 0 Å². The van der Waals surface area contributed by atoms with Gasteiger partial charge in [-0.1, -0.05) is 6.07 Å². The average Bonchev–Trinajstić information content (AvgIpc) is 2.84. The Morgan fingerprint density at radius 1 is 1.24 bits per heavy atom. The van der Waals surface area contributed by atoms with E-state index in [4.69, 9.17) is 5.73 Å². The Bertz CT molecular complexity index is 544. The summed E-state index contributed by atoms with van der Waals surface area (Å²) in [5, 5.41) is 3.24. The van der Waals surface area contributed by atoms with Crippen molar-refractivity contribution in [1.29, 1.82) is 0 Å². The maximum absolute atomic E-state index is 6.06. The Balaban J connectivity index is 1.63. The molecule has 0 atom stereocenters. The Kier molecular flexibility index (Phi) is 3.89. The predicted molar refractivity (Wildman–Crippen MR) is 88.8 cm³/mol. The summed E-state index contributed by atoms with van der Waals surface area (Å²) in [7, 11) is 4.28. The molecule has 2 aliphatic carbocycles. The highest BCUT2D eigenvalue weighted by Gasteiger charge is 2.38. The average molecular weight is 286 g/mol. The lowest BCUT2D eigenvalue weighted by Crippen LogP contribution is -2.52. The number of benzene rings is 1. The van der Waals surface area contributed by atoms with Crippen LogP contribution in [0.15, 0.2) is 23.2 Å². The summed E-state index contributed by atoms with van der Waals surface area (Å²) in [6.45, 7) is 0.782. The van der Waals surface area contributed by atoms with Gasteiger partial charge in [0.05, 0.1) is 6.54 Å². The number of nitrogens with one attached hydrogen (secondary N) is 1. The highest BCUT2D eigenvalue weighted by atomic mass is 15.2. The van der Waals surface area contributed by atoms with Crippen molar-refractivity contribution >= 4 is 11.6 Å². The summed E-state index contributed by atoms with van der Waals surface area (Å²) >= 11 is 0. The fourth-order valence-electron chi connectivity index (χ4n) is 3.40. The number of nitrogens with two attached hydrogens (primary N) is 1. The number of guanidine groups is 1. The summed E-state index contributed by atoms with van der Waals surface area (Å²) in [5.41, 5.74) is 10.3. The lowest BCUT2D eigenvalue weighted by molar-refractivity contribution is 0.0700. The third kappa shape index (κ3) is 2.91. The summed E-state index contributed by atoms with van der Waals surface area (Å²) < 4.78 is 0. The fourth-order valence-corrected chi connectivity index (χ4v) is 3.40. The topological polar surface area (TPSA) is 53.6 Å². The first-order chi connectivity index (χ1) is 10.1. The van der Waals surface area contributed by atoms with Crippen molar-refractivity contribution in [2.24, 2.45) is 10.7 Å². The molecule has 4 heteroatoms. The van der Waals surface area contributed by atoms with Crippen molar-refractivity contribution in [3.05, 3.63) is 29.3 Å². The van der Waals surface area contributed by atoms with Gasteiger partial charge in [0.1, 0.15) is 0 Å². The van der Waals surface area contributed by atoms with E-state index in [1.54, 1.807) is 0 Å². The molecule has 1 aromatic carbocycles.